The van der Waals surface area contributed by atoms with Crippen LogP contribution in [0.15, 0.2) is 42.7 Å². The molecule has 0 radical (unpaired) electrons. The highest BCUT2D eigenvalue weighted by atomic mass is 32.2. The van der Waals surface area contributed by atoms with E-state index in [1.165, 1.54) is 0 Å². The summed E-state index contributed by atoms with van der Waals surface area (Å²) in [5.74, 6) is 0. The zero-order valence-electron chi connectivity index (χ0n) is 12.1. The van der Waals surface area contributed by atoms with Crippen LogP contribution in [-0.2, 0) is 10.0 Å². The van der Waals surface area contributed by atoms with Gasteiger partial charge in [-0.25, -0.2) is 13.1 Å². The molecule has 2 N–H and O–H groups in total. The lowest BCUT2D eigenvalue weighted by molar-refractivity contribution is 0.133. The van der Waals surface area contributed by atoms with E-state index < -0.39 is 21.4 Å². The predicted octanol–water partition coefficient (Wildman–Crippen LogP) is 1.92. The van der Waals surface area contributed by atoms with Gasteiger partial charge < -0.3 is 5.11 Å². The van der Waals surface area contributed by atoms with Crippen LogP contribution >= 0.6 is 0 Å². The van der Waals surface area contributed by atoms with Gasteiger partial charge in [-0.3, -0.25) is 4.72 Å². The van der Waals surface area contributed by atoms with Crippen LogP contribution in [0.2, 0.25) is 0 Å². The van der Waals surface area contributed by atoms with E-state index in [9.17, 15) is 13.5 Å². The van der Waals surface area contributed by atoms with Crippen molar-refractivity contribution in [1.29, 1.82) is 0 Å². The molecule has 1 aliphatic rings. The van der Waals surface area contributed by atoms with Crippen molar-refractivity contribution in [3.8, 4) is 5.69 Å². The summed E-state index contributed by atoms with van der Waals surface area (Å²) in [6.07, 6.45) is 5.40. The van der Waals surface area contributed by atoms with Crippen molar-refractivity contribution in [3.63, 3.8) is 0 Å². The first kappa shape index (κ1) is 15.1. The SMILES string of the molecule is O=S(=O)(Nc1cccc(-n2cccn2)c1)[C@@H]1CCCC[C@H]1O. The highest BCUT2D eigenvalue weighted by molar-refractivity contribution is 7.93. The average molecular weight is 321 g/mol. The maximum Gasteiger partial charge on any atom is 0.238 e. The standard InChI is InChI=1S/C15H19N3O3S/c19-14-7-1-2-8-15(14)22(20,21)17-12-5-3-6-13(11-12)18-10-4-9-16-18/h3-6,9-11,14-15,17,19H,1-2,7-8H2/t14-,15-/m1/s1. The van der Waals surface area contributed by atoms with Gasteiger partial charge in [-0.1, -0.05) is 18.9 Å². The Balaban J connectivity index is 1.82. The van der Waals surface area contributed by atoms with Crippen molar-refractivity contribution >= 4 is 15.7 Å². The minimum absolute atomic E-state index is 0.478. The molecule has 0 unspecified atom stereocenters. The third-order valence-corrected chi connectivity index (χ3v) is 5.81. The topological polar surface area (TPSA) is 84.2 Å². The minimum atomic E-state index is -3.60. The third kappa shape index (κ3) is 3.15. The van der Waals surface area contributed by atoms with E-state index in [1.807, 2.05) is 6.07 Å². The molecule has 0 saturated heterocycles. The Hall–Kier alpha value is -1.86. The summed E-state index contributed by atoms with van der Waals surface area (Å²) in [5, 5.41) is 13.3. The molecule has 1 aromatic heterocycles. The summed E-state index contributed by atoms with van der Waals surface area (Å²) < 4.78 is 29.2. The van der Waals surface area contributed by atoms with Gasteiger partial charge >= 0.3 is 0 Å². The van der Waals surface area contributed by atoms with Crippen molar-refractivity contribution in [3.05, 3.63) is 42.7 Å². The zero-order chi connectivity index (χ0) is 15.6. The van der Waals surface area contributed by atoms with Crippen LogP contribution in [0.4, 0.5) is 5.69 Å². The van der Waals surface area contributed by atoms with Crippen LogP contribution in [0.5, 0.6) is 0 Å². The van der Waals surface area contributed by atoms with E-state index in [0.29, 0.717) is 18.5 Å². The molecule has 1 fully saturated rings. The number of hydrogen-bond acceptors (Lipinski definition) is 4. The number of aliphatic hydroxyl groups is 1. The summed E-state index contributed by atoms with van der Waals surface area (Å²) in [6, 6.07) is 8.83. The van der Waals surface area contributed by atoms with Crippen LogP contribution in [0.25, 0.3) is 5.69 Å². The van der Waals surface area contributed by atoms with Gasteiger partial charge in [0.25, 0.3) is 0 Å². The lowest BCUT2D eigenvalue weighted by Gasteiger charge is -2.27. The molecule has 0 aliphatic heterocycles. The second-order valence-electron chi connectivity index (χ2n) is 5.54. The fourth-order valence-electron chi connectivity index (χ4n) is 2.81. The summed E-state index contributed by atoms with van der Waals surface area (Å²) in [6.45, 7) is 0. The van der Waals surface area contributed by atoms with Crippen molar-refractivity contribution < 1.29 is 13.5 Å². The summed E-state index contributed by atoms with van der Waals surface area (Å²) in [7, 11) is -3.60. The maximum atomic E-state index is 12.5. The first-order valence-electron chi connectivity index (χ1n) is 7.36. The summed E-state index contributed by atoms with van der Waals surface area (Å²) in [5.41, 5.74) is 1.25. The number of benzene rings is 1. The van der Waals surface area contributed by atoms with Crippen LogP contribution in [0.1, 0.15) is 25.7 Å². The van der Waals surface area contributed by atoms with Crippen molar-refractivity contribution in [2.45, 2.75) is 37.0 Å². The Morgan fingerprint density at radius 2 is 2.05 bits per heavy atom. The van der Waals surface area contributed by atoms with Crippen molar-refractivity contribution in [2.75, 3.05) is 4.72 Å². The van der Waals surface area contributed by atoms with Gasteiger partial charge in [0, 0.05) is 12.4 Å². The van der Waals surface area contributed by atoms with Gasteiger partial charge in [-0.2, -0.15) is 5.10 Å². The normalized spacial score (nSPS) is 22.4. The largest absolute Gasteiger partial charge is 0.392 e. The van der Waals surface area contributed by atoms with Crippen LogP contribution < -0.4 is 4.72 Å². The Kier molecular flexibility index (Phi) is 4.17. The number of nitrogens with zero attached hydrogens (tertiary/aromatic N) is 2. The molecular formula is C15H19N3O3S. The molecule has 3 rings (SSSR count). The smallest absolute Gasteiger partial charge is 0.238 e. The molecule has 22 heavy (non-hydrogen) atoms. The van der Waals surface area contributed by atoms with Crippen molar-refractivity contribution in [2.24, 2.45) is 0 Å². The number of nitrogens with one attached hydrogen (secondary N) is 1. The molecule has 0 spiro atoms. The monoisotopic (exact) mass is 321 g/mol. The van der Waals surface area contributed by atoms with E-state index in [-0.39, 0.29) is 0 Å². The van der Waals surface area contributed by atoms with Gasteiger partial charge in [0.2, 0.25) is 10.0 Å². The molecule has 2 atom stereocenters. The van der Waals surface area contributed by atoms with Gasteiger partial charge in [0.15, 0.2) is 0 Å². The van der Waals surface area contributed by atoms with Gasteiger partial charge in [-0.05, 0) is 37.1 Å². The maximum absolute atomic E-state index is 12.5. The van der Waals surface area contributed by atoms with E-state index in [4.69, 9.17) is 0 Å². The van der Waals surface area contributed by atoms with Gasteiger partial charge in [0.05, 0.1) is 17.5 Å². The first-order chi connectivity index (χ1) is 10.6. The molecular weight excluding hydrogens is 302 g/mol. The fourth-order valence-corrected chi connectivity index (χ4v) is 4.45. The fraction of sp³-hybridized carbons (Fsp3) is 0.400. The molecule has 1 heterocycles. The van der Waals surface area contributed by atoms with Crippen LogP contribution in [0, 0.1) is 0 Å². The summed E-state index contributed by atoms with van der Waals surface area (Å²) in [4.78, 5) is 0. The molecule has 1 aliphatic carbocycles. The first-order valence-corrected chi connectivity index (χ1v) is 8.91. The Morgan fingerprint density at radius 1 is 1.23 bits per heavy atom. The second kappa shape index (κ2) is 6.10. The van der Waals surface area contributed by atoms with Crippen LogP contribution in [-0.4, -0.2) is 34.7 Å². The van der Waals surface area contributed by atoms with E-state index in [2.05, 4.69) is 9.82 Å². The number of aliphatic hydroxyl groups excluding tert-OH is 1. The van der Waals surface area contributed by atoms with Crippen LogP contribution in [0.3, 0.4) is 0 Å². The summed E-state index contributed by atoms with van der Waals surface area (Å²) >= 11 is 0. The second-order valence-corrected chi connectivity index (χ2v) is 7.44. The average Bonchev–Trinajstić information content (AvgIpc) is 3.01. The number of sulfonamides is 1. The van der Waals surface area contributed by atoms with E-state index >= 15 is 0 Å². The quantitative estimate of drug-likeness (QED) is 0.901. The Labute approximate surface area is 129 Å². The zero-order valence-corrected chi connectivity index (χ0v) is 12.9. The van der Waals surface area contributed by atoms with E-state index in [0.717, 1.165) is 18.5 Å². The highest BCUT2D eigenvalue weighted by Gasteiger charge is 2.34. The number of aromatic nitrogens is 2. The lowest BCUT2D eigenvalue weighted by atomic mass is 9.97. The number of hydrogen-bond donors (Lipinski definition) is 2. The molecule has 2 aromatic rings. The number of rotatable bonds is 4. The highest BCUT2D eigenvalue weighted by Crippen LogP contribution is 2.26. The molecule has 7 heteroatoms. The molecule has 0 amide bonds. The van der Waals surface area contributed by atoms with E-state index in [1.54, 1.807) is 41.3 Å². The third-order valence-electron chi connectivity index (χ3n) is 3.94. The molecule has 1 aromatic carbocycles. The Morgan fingerprint density at radius 3 is 2.77 bits per heavy atom. The van der Waals surface area contributed by atoms with Crippen molar-refractivity contribution in [1.82, 2.24) is 9.78 Å². The lowest BCUT2D eigenvalue weighted by Crippen LogP contribution is -2.40. The Bertz CT molecular complexity index is 728. The minimum Gasteiger partial charge on any atom is -0.392 e. The molecule has 118 valence electrons. The van der Waals surface area contributed by atoms with Gasteiger partial charge in [0.1, 0.15) is 5.25 Å². The molecule has 0 bridgehead atoms. The van der Waals surface area contributed by atoms with Gasteiger partial charge in [-0.15, -0.1) is 0 Å². The molecule has 6 nitrogen and oxygen atoms in total. The molecule has 1 saturated carbocycles. The predicted molar refractivity (Wildman–Crippen MR) is 84.4 cm³/mol. The number of anilines is 1.